The van der Waals surface area contributed by atoms with Gasteiger partial charge in [0.15, 0.2) is 0 Å². The maximum absolute atomic E-state index is 12.0. The summed E-state index contributed by atoms with van der Waals surface area (Å²) in [5, 5.41) is 16.6. The third-order valence-corrected chi connectivity index (χ3v) is 3.57. The van der Waals surface area contributed by atoms with E-state index in [2.05, 4.69) is 15.8 Å². The number of nitrogens with zero attached hydrogens (tertiary/aromatic N) is 1. The average Bonchev–Trinajstić information content (AvgIpc) is 2.55. The van der Waals surface area contributed by atoms with Gasteiger partial charge in [-0.05, 0) is 55.8 Å². The van der Waals surface area contributed by atoms with E-state index in [1.54, 1.807) is 37.3 Å². The molecule has 2 aromatic carbocycles. The van der Waals surface area contributed by atoms with Crippen LogP contribution in [0.1, 0.15) is 29.3 Å². The summed E-state index contributed by atoms with van der Waals surface area (Å²) in [6, 6.07) is 11.1. The highest BCUT2D eigenvalue weighted by Crippen LogP contribution is 2.19. The van der Waals surface area contributed by atoms with Crippen molar-refractivity contribution in [1.82, 2.24) is 5.43 Å². The van der Waals surface area contributed by atoms with Crippen molar-refractivity contribution in [2.45, 2.75) is 20.3 Å². The zero-order valence-electron chi connectivity index (χ0n) is 13.8. The Morgan fingerprint density at radius 1 is 1.20 bits per heavy atom. The molecule has 0 saturated heterocycles. The molecule has 0 unspecified atom stereocenters. The molecule has 0 aliphatic rings. The van der Waals surface area contributed by atoms with Gasteiger partial charge in [0, 0.05) is 22.0 Å². The van der Waals surface area contributed by atoms with E-state index in [0.29, 0.717) is 16.4 Å². The fourth-order valence-electron chi connectivity index (χ4n) is 2.09. The van der Waals surface area contributed by atoms with E-state index < -0.39 is 5.91 Å². The molecule has 0 aromatic heterocycles. The van der Waals surface area contributed by atoms with Crippen molar-refractivity contribution in [3.05, 3.63) is 58.6 Å². The van der Waals surface area contributed by atoms with Gasteiger partial charge >= 0.3 is 0 Å². The van der Waals surface area contributed by atoms with Crippen molar-refractivity contribution in [3.63, 3.8) is 0 Å². The Kier molecular flexibility index (Phi) is 6.14. The Morgan fingerprint density at radius 2 is 1.96 bits per heavy atom. The van der Waals surface area contributed by atoms with E-state index in [1.165, 1.54) is 12.1 Å². The van der Waals surface area contributed by atoms with Crippen LogP contribution in [0, 0.1) is 6.92 Å². The van der Waals surface area contributed by atoms with Crippen LogP contribution in [0.5, 0.6) is 5.75 Å². The normalized spacial score (nSPS) is 11.1. The highest BCUT2D eigenvalue weighted by Gasteiger charge is 2.09. The number of hydrazone groups is 1. The van der Waals surface area contributed by atoms with Crippen molar-refractivity contribution >= 4 is 34.8 Å². The largest absolute Gasteiger partial charge is 0.508 e. The number of phenolic OH excluding ortho intramolecular Hbond substituents is 1. The van der Waals surface area contributed by atoms with Crippen molar-refractivity contribution in [3.8, 4) is 5.75 Å². The van der Waals surface area contributed by atoms with Crippen molar-refractivity contribution in [1.29, 1.82) is 0 Å². The summed E-state index contributed by atoms with van der Waals surface area (Å²) in [4.78, 5) is 24.0. The van der Waals surface area contributed by atoms with Crippen molar-refractivity contribution < 1.29 is 14.7 Å². The fraction of sp³-hybridized carbons (Fsp3) is 0.167. The SMILES string of the molecule is CC(CC(=O)Nc1ccc(Cl)cc1C)=NNC(=O)c1cccc(O)c1. The number of aromatic hydroxyl groups is 1. The zero-order chi connectivity index (χ0) is 18.4. The standard InChI is InChI=1S/C18H18ClN3O3/c1-11-8-14(19)6-7-16(11)20-17(24)9-12(2)21-22-18(25)13-4-3-5-15(23)10-13/h3-8,10,23H,9H2,1-2H3,(H,20,24)(H,22,25). The smallest absolute Gasteiger partial charge is 0.271 e. The molecule has 0 radical (unpaired) electrons. The third-order valence-electron chi connectivity index (χ3n) is 3.34. The number of rotatable bonds is 5. The molecular weight excluding hydrogens is 342 g/mol. The number of anilines is 1. The summed E-state index contributed by atoms with van der Waals surface area (Å²) in [5.74, 6) is -0.728. The number of halogens is 1. The van der Waals surface area contributed by atoms with Gasteiger partial charge in [-0.15, -0.1) is 0 Å². The number of benzene rings is 2. The lowest BCUT2D eigenvalue weighted by Crippen LogP contribution is -2.21. The highest BCUT2D eigenvalue weighted by molar-refractivity contribution is 6.30. The van der Waals surface area contributed by atoms with E-state index in [9.17, 15) is 14.7 Å². The summed E-state index contributed by atoms with van der Waals surface area (Å²) in [5.41, 5.74) is 4.60. The molecule has 0 aliphatic carbocycles. The van der Waals surface area contributed by atoms with Gasteiger partial charge in [-0.25, -0.2) is 5.43 Å². The minimum atomic E-state index is -0.468. The molecule has 0 atom stereocenters. The van der Waals surface area contributed by atoms with Gasteiger partial charge in [-0.2, -0.15) is 5.10 Å². The Balaban J connectivity index is 1.92. The van der Waals surface area contributed by atoms with Gasteiger partial charge < -0.3 is 10.4 Å². The first-order chi connectivity index (χ1) is 11.8. The van der Waals surface area contributed by atoms with Crippen molar-refractivity contribution in [2.24, 2.45) is 5.10 Å². The molecule has 0 fully saturated rings. The second-order valence-corrected chi connectivity index (χ2v) is 5.96. The first-order valence-electron chi connectivity index (χ1n) is 7.53. The van der Waals surface area contributed by atoms with Crippen LogP contribution < -0.4 is 10.7 Å². The van der Waals surface area contributed by atoms with Crippen LogP contribution in [0.25, 0.3) is 0 Å². The predicted molar refractivity (Wildman–Crippen MR) is 98.1 cm³/mol. The Bertz CT molecular complexity index is 834. The minimum absolute atomic E-state index is 0.00827. The Labute approximate surface area is 150 Å². The van der Waals surface area contributed by atoms with Crippen LogP contribution in [-0.4, -0.2) is 22.6 Å². The number of carbonyl (C=O) groups excluding carboxylic acids is 2. The summed E-state index contributed by atoms with van der Waals surface area (Å²) < 4.78 is 0. The molecule has 0 bridgehead atoms. The fourth-order valence-corrected chi connectivity index (χ4v) is 2.32. The van der Waals surface area contributed by atoms with Crippen LogP contribution >= 0.6 is 11.6 Å². The maximum Gasteiger partial charge on any atom is 0.271 e. The lowest BCUT2D eigenvalue weighted by Gasteiger charge is -2.08. The molecule has 2 amide bonds. The van der Waals surface area contributed by atoms with Crippen LogP contribution in [0.3, 0.4) is 0 Å². The van der Waals surface area contributed by atoms with E-state index in [0.717, 1.165) is 5.56 Å². The lowest BCUT2D eigenvalue weighted by atomic mass is 10.2. The number of hydrogen-bond acceptors (Lipinski definition) is 4. The number of nitrogens with one attached hydrogen (secondary N) is 2. The van der Waals surface area contributed by atoms with E-state index in [-0.39, 0.29) is 23.6 Å². The number of aryl methyl sites for hydroxylation is 1. The molecule has 6 nitrogen and oxygen atoms in total. The Morgan fingerprint density at radius 3 is 2.64 bits per heavy atom. The summed E-state index contributed by atoms with van der Waals surface area (Å²) in [6.45, 7) is 3.48. The van der Waals surface area contributed by atoms with Gasteiger partial charge in [0.05, 0.1) is 6.42 Å². The molecule has 0 heterocycles. The number of phenols is 1. The molecule has 2 rings (SSSR count). The third kappa shape index (κ3) is 5.61. The van der Waals surface area contributed by atoms with E-state index in [1.807, 2.05) is 6.92 Å². The van der Waals surface area contributed by atoms with Gasteiger partial charge in [0.2, 0.25) is 5.91 Å². The molecule has 0 saturated carbocycles. The van der Waals surface area contributed by atoms with Gasteiger partial charge in [0.25, 0.3) is 5.91 Å². The zero-order valence-corrected chi connectivity index (χ0v) is 14.6. The number of carbonyl (C=O) groups is 2. The monoisotopic (exact) mass is 359 g/mol. The number of hydrogen-bond donors (Lipinski definition) is 3. The predicted octanol–water partition coefficient (Wildman–Crippen LogP) is 3.49. The molecular formula is C18H18ClN3O3. The highest BCUT2D eigenvalue weighted by atomic mass is 35.5. The van der Waals surface area contributed by atoms with Gasteiger partial charge in [0.1, 0.15) is 5.75 Å². The van der Waals surface area contributed by atoms with E-state index in [4.69, 9.17) is 11.6 Å². The average molecular weight is 360 g/mol. The summed E-state index contributed by atoms with van der Waals surface area (Å²) >= 11 is 5.88. The van der Waals surface area contributed by atoms with Crippen LogP contribution in [0.4, 0.5) is 5.69 Å². The summed E-state index contributed by atoms with van der Waals surface area (Å²) in [7, 11) is 0. The van der Waals surface area contributed by atoms with E-state index >= 15 is 0 Å². The molecule has 7 heteroatoms. The van der Waals surface area contributed by atoms with Gasteiger partial charge in [-0.1, -0.05) is 17.7 Å². The second kappa shape index (κ2) is 8.30. The molecule has 3 N–H and O–H groups in total. The molecule has 25 heavy (non-hydrogen) atoms. The minimum Gasteiger partial charge on any atom is -0.508 e. The molecule has 0 aliphatic heterocycles. The maximum atomic E-state index is 12.0. The molecule has 2 aromatic rings. The van der Waals surface area contributed by atoms with Crippen LogP contribution in [0.15, 0.2) is 47.6 Å². The lowest BCUT2D eigenvalue weighted by molar-refractivity contribution is -0.115. The number of amides is 2. The summed E-state index contributed by atoms with van der Waals surface area (Å²) in [6.07, 6.45) is 0.0301. The first kappa shape index (κ1) is 18.5. The molecule has 130 valence electrons. The Hall–Kier alpha value is -2.86. The van der Waals surface area contributed by atoms with Crippen LogP contribution in [0.2, 0.25) is 5.02 Å². The van der Waals surface area contributed by atoms with Crippen LogP contribution in [-0.2, 0) is 4.79 Å². The van der Waals surface area contributed by atoms with Crippen molar-refractivity contribution in [2.75, 3.05) is 5.32 Å². The second-order valence-electron chi connectivity index (χ2n) is 5.52. The quantitative estimate of drug-likeness (QED) is 0.563. The molecule has 0 spiro atoms. The van der Waals surface area contributed by atoms with Gasteiger partial charge in [-0.3, -0.25) is 9.59 Å². The first-order valence-corrected chi connectivity index (χ1v) is 7.91. The topological polar surface area (TPSA) is 90.8 Å².